The maximum Gasteiger partial charge on any atom is 0.0438 e. The summed E-state index contributed by atoms with van der Waals surface area (Å²) < 4.78 is 0. The molecule has 1 aromatic rings. The van der Waals surface area contributed by atoms with Gasteiger partial charge in [-0.1, -0.05) is 58.4 Å². The summed E-state index contributed by atoms with van der Waals surface area (Å²) in [7, 11) is 0. The second kappa shape index (κ2) is 7.47. The summed E-state index contributed by atoms with van der Waals surface area (Å²) in [6.07, 6.45) is 2.40. The molecule has 0 aliphatic carbocycles. The van der Waals surface area contributed by atoms with Crippen molar-refractivity contribution < 1.29 is 0 Å². The van der Waals surface area contributed by atoms with E-state index in [-0.39, 0.29) is 0 Å². The first-order valence-electron chi connectivity index (χ1n) is 7.72. The second-order valence-corrected chi connectivity index (χ2v) is 7.63. The lowest BCUT2D eigenvalue weighted by Gasteiger charge is -2.27. The Morgan fingerprint density at radius 1 is 1.25 bits per heavy atom. The minimum atomic E-state index is 0.390. The minimum Gasteiger partial charge on any atom is -0.310 e. The van der Waals surface area contributed by atoms with Crippen LogP contribution in [0.15, 0.2) is 18.2 Å². The average molecular weight is 296 g/mol. The number of hydrogen-bond acceptors (Lipinski definition) is 1. The molecule has 1 rings (SSSR count). The number of aryl methyl sites for hydroxylation is 1. The number of benzene rings is 1. The Morgan fingerprint density at radius 2 is 1.90 bits per heavy atom. The van der Waals surface area contributed by atoms with Crippen molar-refractivity contribution in [3.63, 3.8) is 0 Å². The summed E-state index contributed by atoms with van der Waals surface area (Å²) in [4.78, 5) is 0. The molecular formula is C18H30ClN. The van der Waals surface area contributed by atoms with Gasteiger partial charge >= 0.3 is 0 Å². The number of hydrogen-bond donors (Lipinski definition) is 1. The van der Waals surface area contributed by atoms with Crippen LogP contribution in [0.25, 0.3) is 0 Å². The third kappa shape index (κ3) is 5.85. The van der Waals surface area contributed by atoms with Crippen LogP contribution in [0, 0.1) is 18.3 Å². The molecule has 0 aliphatic rings. The number of halogens is 1. The topological polar surface area (TPSA) is 12.0 Å². The standard InChI is InChI=1S/C18H30ClN/c1-7-20-17(10-13(2)12-18(4,5)6)15-9-8-14(3)16(19)11-15/h8-9,11,13,17,20H,7,10,12H2,1-6H3. The summed E-state index contributed by atoms with van der Waals surface area (Å²) in [6.45, 7) is 14.5. The van der Waals surface area contributed by atoms with Crippen molar-refractivity contribution in [3.05, 3.63) is 34.3 Å². The van der Waals surface area contributed by atoms with Crippen molar-refractivity contribution in [2.75, 3.05) is 6.54 Å². The SMILES string of the molecule is CCNC(CC(C)CC(C)(C)C)c1ccc(C)c(Cl)c1. The molecule has 2 heteroatoms. The van der Waals surface area contributed by atoms with Gasteiger partial charge in [-0.15, -0.1) is 0 Å². The lowest BCUT2D eigenvalue weighted by atomic mass is 9.82. The maximum absolute atomic E-state index is 6.27. The van der Waals surface area contributed by atoms with E-state index in [9.17, 15) is 0 Å². The molecule has 0 amide bonds. The largest absolute Gasteiger partial charge is 0.310 e. The van der Waals surface area contributed by atoms with Gasteiger partial charge in [0.2, 0.25) is 0 Å². The predicted octanol–water partition coefficient (Wildman–Crippen LogP) is 5.76. The molecule has 0 aromatic heterocycles. The molecule has 0 heterocycles. The fourth-order valence-electron chi connectivity index (χ4n) is 2.94. The van der Waals surface area contributed by atoms with Gasteiger partial charge in [0.15, 0.2) is 0 Å². The van der Waals surface area contributed by atoms with Crippen molar-refractivity contribution in [2.45, 2.75) is 60.4 Å². The molecule has 1 N–H and O–H groups in total. The highest BCUT2D eigenvalue weighted by Gasteiger charge is 2.20. The van der Waals surface area contributed by atoms with Gasteiger partial charge in [0.25, 0.3) is 0 Å². The molecule has 0 aliphatic heterocycles. The third-order valence-electron chi connectivity index (χ3n) is 3.65. The molecule has 2 atom stereocenters. The summed E-state index contributed by atoms with van der Waals surface area (Å²) >= 11 is 6.27. The van der Waals surface area contributed by atoms with Crippen molar-refractivity contribution in [1.29, 1.82) is 0 Å². The van der Waals surface area contributed by atoms with E-state index in [1.807, 2.05) is 0 Å². The highest BCUT2D eigenvalue weighted by atomic mass is 35.5. The van der Waals surface area contributed by atoms with Gasteiger partial charge in [0.1, 0.15) is 0 Å². The highest BCUT2D eigenvalue weighted by Crippen LogP contribution is 2.31. The molecule has 2 unspecified atom stereocenters. The van der Waals surface area contributed by atoms with Gasteiger partial charge in [-0.3, -0.25) is 0 Å². The molecule has 1 aromatic carbocycles. The summed E-state index contributed by atoms with van der Waals surface area (Å²) in [6, 6.07) is 6.85. The zero-order valence-electron chi connectivity index (χ0n) is 13.9. The van der Waals surface area contributed by atoms with Crippen molar-refractivity contribution in [1.82, 2.24) is 5.32 Å². The molecule has 0 saturated heterocycles. The first-order chi connectivity index (χ1) is 9.23. The predicted molar refractivity (Wildman–Crippen MR) is 90.5 cm³/mol. The van der Waals surface area contributed by atoms with E-state index in [1.165, 1.54) is 12.0 Å². The molecular weight excluding hydrogens is 266 g/mol. The van der Waals surface area contributed by atoms with Crippen LogP contribution in [0.3, 0.4) is 0 Å². The molecule has 0 radical (unpaired) electrons. The van der Waals surface area contributed by atoms with Gasteiger partial charge in [-0.25, -0.2) is 0 Å². The smallest absolute Gasteiger partial charge is 0.0438 e. The van der Waals surface area contributed by atoms with Gasteiger partial charge in [0.05, 0.1) is 0 Å². The van der Waals surface area contributed by atoms with Crippen LogP contribution in [-0.4, -0.2) is 6.54 Å². The van der Waals surface area contributed by atoms with E-state index >= 15 is 0 Å². The minimum absolute atomic E-state index is 0.390. The van der Waals surface area contributed by atoms with Crippen LogP contribution in [0.5, 0.6) is 0 Å². The van der Waals surface area contributed by atoms with Crippen LogP contribution >= 0.6 is 11.6 Å². The van der Waals surface area contributed by atoms with Gasteiger partial charge in [-0.2, -0.15) is 0 Å². The molecule has 0 saturated carbocycles. The Bertz CT molecular complexity index is 420. The van der Waals surface area contributed by atoms with E-state index in [0.29, 0.717) is 17.4 Å². The van der Waals surface area contributed by atoms with E-state index in [1.54, 1.807) is 0 Å². The Labute approximate surface area is 130 Å². The number of rotatable bonds is 6. The van der Waals surface area contributed by atoms with E-state index in [4.69, 9.17) is 11.6 Å². The van der Waals surface area contributed by atoms with Crippen LogP contribution in [0.2, 0.25) is 5.02 Å². The van der Waals surface area contributed by atoms with Gasteiger partial charge < -0.3 is 5.32 Å². The Balaban J connectivity index is 2.80. The second-order valence-electron chi connectivity index (χ2n) is 7.22. The van der Waals surface area contributed by atoms with Crippen molar-refractivity contribution >= 4 is 11.6 Å². The van der Waals surface area contributed by atoms with Crippen LogP contribution < -0.4 is 5.32 Å². The van der Waals surface area contributed by atoms with Gasteiger partial charge in [-0.05, 0) is 54.8 Å². The van der Waals surface area contributed by atoms with E-state index < -0.39 is 0 Å². The monoisotopic (exact) mass is 295 g/mol. The van der Waals surface area contributed by atoms with Crippen molar-refractivity contribution in [2.24, 2.45) is 11.3 Å². The normalized spacial score (nSPS) is 15.2. The lowest BCUT2D eigenvalue weighted by molar-refractivity contribution is 0.276. The summed E-state index contributed by atoms with van der Waals surface area (Å²) in [5.74, 6) is 0.694. The maximum atomic E-state index is 6.27. The third-order valence-corrected chi connectivity index (χ3v) is 4.05. The molecule has 0 bridgehead atoms. The van der Waals surface area contributed by atoms with Crippen LogP contribution in [0.4, 0.5) is 0 Å². The first-order valence-corrected chi connectivity index (χ1v) is 8.10. The van der Waals surface area contributed by atoms with Crippen molar-refractivity contribution in [3.8, 4) is 0 Å². The van der Waals surface area contributed by atoms with E-state index in [0.717, 1.165) is 23.6 Å². The molecule has 114 valence electrons. The average Bonchev–Trinajstić information content (AvgIpc) is 2.30. The van der Waals surface area contributed by atoms with E-state index in [2.05, 4.69) is 65.1 Å². The molecule has 0 spiro atoms. The quantitative estimate of drug-likeness (QED) is 0.703. The number of nitrogens with one attached hydrogen (secondary N) is 1. The Hall–Kier alpha value is -0.530. The highest BCUT2D eigenvalue weighted by molar-refractivity contribution is 6.31. The zero-order chi connectivity index (χ0) is 15.3. The molecule has 20 heavy (non-hydrogen) atoms. The fourth-order valence-corrected chi connectivity index (χ4v) is 3.13. The Morgan fingerprint density at radius 3 is 2.40 bits per heavy atom. The van der Waals surface area contributed by atoms with Gasteiger partial charge in [0, 0.05) is 11.1 Å². The fraction of sp³-hybridized carbons (Fsp3) is 0.667. The lowest BCUT2D eigenvalue weighted by Crippen LogP contribution is -2.24. The Kier molecular flexibility index (Phi) is 6.54. The molecule has 1 nitrogen and oxygen atoms in total. The zero-order valence-corrected chi connectivity index (χ0v) is 14.6. The van der Waals surface area contributed by atoms with Crippen LogP contribution in [0.1, 0.15) is 64.6 Å². The first kappa shape index (κ1) is 17.5. The molecule has 0 fully saturated rings. The summed E-state index contributed by atoms with van der Waals surface area (Å²) in [5.41, 5.74) is 2.85. The summed E-state index contributed by atoms with van der Waals surface area (Å²) in [5, 5.41) is 4.47. The van der Waals surface area contributed by atoms with Crippen LogP contribution in [-0.2, 0) is 0 Å².